The van der Waals surface area contributed by atoms with Gasteiger partial charge in [0.05, 0.1) is 11.0 Å². The highest BCUT2D eigenvalue weighted by Gasteiger charge is 2.03. The number of aliphatic hydroxyl groups is 1. The van der Waals surface area contributed by atoms with Crippen LogP contribution in [0.3, 0.4) is 0 Å². The maximum absolute atomic E-state index is 8.98. The third-order valence-electron chi connectivity index (χ3n) is 2.43. The van der Waals surface area contributed by atoms with E-state index in [0.717, 1.165) is 17.5 Å². The van der Waals surface area contributed by atoms with Crippen molar-refractivity contribution in [1.29, 1.82) is 0 Å². The molecule has 3 nitrogen and oxygen atoms in total. The lowest BCUT2D eigenvalue weighted by atomic mass is 10.0. The summed E-state index contributed by atoms with van der Waals surface area (Å²) in [5, 5.41) is 8.98. The molecule has 0 fully saturated rings. The minimum absolute atomic E-state index is 0.221. The zero-order chi connectivity index (χ0) is 10.7. The van der Waals surface area contributed by atoms with Gasteiger partial charge < -0.3 is 5.11 Å². The Bertz CT molecular complexity index is 456. The van der Waals surface area contributed by atoms with E-state index in [-0.39, 0.29) is 6.61 Å². The molecule has 0 saturated heterocycles. The standard InChI is InChI=1S/C12H14N2O/c1-9(8-15)6-10-2-3-11-12(7-10)14-5-4-13-11/h2-5,7,9,15H,6,8H2,1H3. The summed E-state index contributed by atoms with van der Waals surface area (Å²) in [6.45, 7) is 2.25. The Labute approximate surface area is 88.8 Å². The molecule has 0 amide bonds. The topological polar surface area (TPSA) is 46.0 Å². The Morgan fingerprint density at radius 2 is 1.93 bits per heavy atom. The Morgan fingerprint density at radius 3 is 2.67 bits per heavy atom. The summed E-state index contributed by atoms with van der Waals surface area (Å²) in [6, 6.07) is 6.05. The van der Waals surface area contributed by atoms with E-state index >= 15 is 0 Å². The number of hydrogen-bond donors (Lipinski definition) is 1. The van der Waals surface area contributed by atoms with Gasteiger partial charge >= 0.3 is 0 Å². The average Bonchev–Trinajstić information content (AvgIpc) is 2.29. The first kappa shape index (κ1) is 10.1. The molecule has 0 aliphatic carbocycles. The molecule has 1 N–H and O–H groups in total. The highest BCUT2D eigenvalue weighted by molar-refractivity contribution is 5.74. The number of aromatic nitrogens is 2. The first-order valence-electron chi connectivity index (χ1n) is 5.10. The zero-order valence-corrected chi connectivity index (χ0v) is 8.72. The number of nitrogens with zero attached hydrogens (tertiary/aromatic N) is 2. The van der Waals surface area contributed by atoms with Gasteiger partial charge in [-0.25, -0.2) is 0 Å². The van der Waals surface area contributed by atoms with E-state index in [1.807, 2.05) is 25.1 Å². The SMILES string of the molecule is CC(CO)Cc1ccc2nccnc2c1. The molecule has 0 spiro atoms. The molecule has 0 saturated carbocycles. The van der Waals surface area contributed by atoms with E-state index in [0.29, 0.717) is 5.92 Å². The van der Waals surface area contributed by atoms with Gasteiger partial charge in [-0.15, -0.1) is 0 Å². The van der Waals surface area contributed by atoms with Crippen molar-refractivity contribution in [1.82, 2.24) is 9.97 Å². The highest BCUT2D eigenvalue weighted by atomic mass is 16.3. The van der Waals surface area contributed by atoms with Crippen molar-refractivity contribution in [2.75, 3.05) is 6.61 Å². The van der Waals surface area contributed by atoms with Crippen LogP contribution in [0.1, 0.15) is 12.5 Å². The van der Waals surface area contributed by atoms with Crippen LogP contribution >= 0.6 is 0 Å². The van der Waals surface area contributed by atoms with Crippen LogP contribution in [0.4, 0.5) is 0 Å². The maximum atomic E-state index is 8.98. The fraction of sp³-hybridized carbons (Fsp3) is 0.333. The van der Waals surface area contributed by atoms with Gasteiger partial charge in [0.25, 0.3) is 0 Å². The normalized spacial score (nSPS) is 12.9. The molecule has 0 radical (unpaired) electrons. The monoisotopic (exact) mass is 202 g/mol. The lowest BCUT2D eigenvalue weighted by Gasteiger charge is -2.07. The highest BCUT2D eigenvalue weighted by Crippen LogP contribution is 2.14. The quantitative estimate of drug-likeness (QED) is 0.825. The summed E-state index contributed by atoms with van der Waals surface area (Å²) in [4.78, 5) is 8.46. The van der Waals surface area contributed by atoms with E-state index in [1.54, 1.807) is 12.4 Å². The van der Waals surface area contributed by atoms with Gasteiger partial charge in [0.1, 0.15) is 0 Å². The van der Waals surface area contributed by atoms with E-state index in [4.69, 9.17) is 5.11 Å². The van der Waals surface area contributed by atoms with E-state index in [1.165, 1.54) is 5.56 Å². The van der Waals surface area contributed by atoms with Crippen LogP contribution < -0.4 is 0 Å². The molecule has 3 heteroatoms. The number of benzene rings is 1. The summed E-state index contributed by atoms with van der Waals surface area (Å²) in [6.07, 6.45) is 4.27. The number of fused-ring (bicyclic) bond motifs is 1. The summed E-state index contributed by atoms with van der Waals surface area (Å²) in [5.41, 5.74) is 3.03. The van der Waals surface area contributed by atoms with Crippen LogP contribution in [0.5, 0.6) is 0 Å². The van der Waals surface area contributed by atoms with Crippen molar-refractivity contribution in [2.45, 2.75) is 13.3 Å². The minimum atomic E-state index is 0.221. The summed E-state index contributed by atoms with van der Waals surface area (Å²) >= 11 is 0. The second-order valence-electron chi connectivity index (χ2n) is 3.87. The van der Waals surface area contributed by atoms with Gasteiger partial charge in [-0.05, 0) is 30.0 Å². The lowest BCUT2D eigenvalue weighted by molar-refractivity contribution is 0.237. The van der Waals surface area contributed by atoms with Crippen LogP contribution in [0.15, 0.2) is 30.6 Å². The van der Waals surface area contributed by atoms with E-state index < -0.39 is 0 Å². The van der Waals surface area contributed by atoms with E-state index in [2.05, 4.69) is 9.97 Å². The Kier molecular flexibility index (Phi) is 2.92. The molecule has 78 valence electrons. The fourth-order valence-corrected chi connectivity index (χ4v) is 1.60. The molecular formula is C12H14N2O. The third kappa shape index (κ3) is 2.30. The number of hydrogen-bond acceptors (Lipinski definition) is 3. The molecule has 2 rings (SSSR count). The predicted molar refractivity (Wildman–Crippen MR) is 59.5 cm³/mol. The number of rotatable bonds is 3. The van der Waals surface area contributed by atoms with Gasteiger partial charge in [-0.1, -0.05) is 13.0 Å². The van der Waals surface area contributed by atoms with E-state index in [9.17, 15) is 0 Å². The minimum Gasteiger partial charge on any atom is -0.396 e. The van der Waals surface area contributed by atoms with Crippen molar-refractivity contribution in [3.05, 3.63) is 36.2 Å². The first-order chi connectivity index (χ1) is 7.29. The van der Waals surface area contributed by atoms with Crippen LogP contribution in [-0.2, 0) is 6.42 Å². The van der Waals surface area contributed by atoms with Crippen molar-refractivity contribution in [2.24, 2.45) is 5.92 Å². The Hall–Kier alpha value is -1.48. The molecule has 15 heavy (non-hydrogen) atoms. The van der Waals surface area contributed by atoms with Gasteiger partial charge in [0, 0.05) is 19.0 Å². The second kappa shape index (κ2) is 4.36. The molecule has 1 aromatic heterocycles. The molecular weight excluding hydrogens is 188 g/mol. The number of aliphatic hydroxyl groups excluding tert-OH is 1. The smallest absolute Gasteiger partial charge is 0.0889 e. The molecule has 2 aromatic rings. The Morgan fingerprint density at radius 1 is 1.20 bits per heavy atom. The van der Waals surface area contributed by atoms with Gasteiger partial charge in [-0.3, -0.25) is 9.97 Å². The average molecular weight is 202 g/mol. The largest absolute Gasteiger partial charge is 0.396 e. The van der Waals surface area contributed by atoms with Crippen LogP contribution in [0.2, 0.25) is 0 Å². The molecule has 0 aliphatic rings. The van der Waals surface area contributed by atoms with Crippen LogP contribution in [0, 0.1) is 5.92 Å². The van der Waals surface area contributed by atoms with Gasteiger partial charge in [-0.2, -0.15) is 0 Å². The van der Waals surface area contributed by atoms with Crippen molar-refractivity contribution in [3.63, 3.8) is 0 Å². The molecule has 0 aliphatic heterocycles. The zero-order valence-electron chi connectivity index (χ0n) is 8.72. The van der Waals surface area contributed by atoms with Gasteiger partial charge in [0.15, 0.2) is 0 Å². The van der Waals surface area contributed by atoms with Crippen molar-refractivity contribution < 1.29 is 5.11 Å². The summed E-state index contributed by atoms with van der Waals surface area (Å²) < 4.78 is 0. The van der Waals surface area contributed by atoms with Crippen LogP contribution in [-0.4, -0.2) is 21.7 Å². The fourth-order valence-electron chi connectivity index (χ4n) is 1.60. The molecule has 1 unspecified atom stereocenters. The molecule has 0 bridgehead atoms. The maximum Gasteiger partial charge on any atom is 0.0889 e. The first-order valence-corrected chi connectivity index (χ1v) is 5.10. The molecule has 1 aromatic carbocycles. The second-order valence-corrected chi connectivity index (χ2v) is 3.87. The molecule has 1 atom stereocenters. The molecule has 1 heterocycles. The van der Waals surface area contributed by atoms with Gasteiger partial charge in [0.2, 0.25) is 0 Å². The van der Waals surface area contributed by atoms with Crippen LogP contribution in [0.25, 0.3) is 11.0 Å². The summed E-state index contributed by atoms with van der Waals surface area (Å²) in [7, 11) is 0. The van der Waals surface area contributed by atoms with Crippen molar-refractivity contribution >= 4 is 11.0 Å². The third-order valence-corrected chi connectivity index (χ3v) is 2.43. The predicted octanol–water partition coefficient (Wildman–Crippen LogP) is 1.80. The lowest BCUT2D eigenvalue weighted by Crippen LogP contribution is -2.04. The Balaban J connectivity index is 2.30. The summed E-state index contributed by atoms with van der Waals surface area (Å²) in [5.74, 6) is 0.291. The van der Waals surface area contributed by atoms with Crippen molar-refractivity contribution in [3.8, 4) is 0 Å².